The lowest BCUT2D eigenvalue weighted by atomic mass is 9.94. The Bertz CT molecular complexity index is 1280. The number of ether oxygens (including phenoxy) is 1. The van der Waals surface area contributed by atoms with Crippen LogP contribution in [-0.4, -0.2) is 92.8 Å². The predicted molar refractivity (Wildman–Crippen MR) is 139 cm³/mol. The minimum atomic E-state index is -3.65. The van der Waals surface area contributed by atoms with Gasteiger partial charge >= 0.3 is 0 Å². The van der Waals surface area contributed by atoms with Gasteiger partial charge in [-0.05, 0) is 43.2 Å². The molecule has 0 spiro atoms. The minimum absolute atomic E-state index is 0.00319. The predicted octanol–water partition coefficient (Wildman–Crippen LogP) is 2.39. The van der Waals surface area contributed by atoms with Crippen LogP contribution in [0.1, 0.15) is 29.2 Å². The Morgan fingerprint density at radius 1 is 1.00 bits per heavy atom. The molecule has 9 nitrogen and oxygen atoms in total. The van der Waals surface area contributed by atoms with Crippen LogP contribution in [0.25, 0.3) is 5.76 Å². The molecule has 1 N–H and O–H groups in total. The van der Waals surface area contributed by atoms with Gasteiger partial charge in [0, 0.05) is 45.8 Å². The quantitative estimate of drug-likeness (QED) is 0.319. The number of morpholine rings is 1. The van der Waals surface area contributed by atoms with Gasteiger partial charge in [-0.15, -0.1) is 0 Å². The zero-order valence-corrected chi connectivity index (χ0v) is 22.2. The molecule has 1 amide bonds. The van der Waals surface area contributed by atoms with Crippen LogP contribution in [0.15, 0.2) is 59.0 Å². The fraction of sp³-hybridized carbons (Fsp3) is 0.407. The highest BCUT2D eigenvalue weighted by Crippen LogP contribution is 2.39. The molecule has 0 aromatic heterocycles. The van der Waals surface area contributed by atoms with Gasteiger partial charge in [-0.25, -0.2) is 12.7 Å². The SMILES string of the molecule is Cc1ccc(C2/C(=C(/O)c3ccc(S(=O)(=O)N(C)C)cc3)C(=O)C(=O)N2CCCN2CCOCC2)cc1. The molecule has 1 atom stereocenters. The van der Waals surface area contributed by atoms with E-state index in [0.717, 1.165) is 35.1 Å². The van der Waals surface area contributed by atoms with Gasteiger partial charge in [0.15, 0.2) is 0 Å². The van der Waals surface area contributed by atoms with Gasteiger partial charge in [0.1, 0.15) is 5.76 Å². The third kappa shape index (κ3) is 5.62. The highest BCUT2D eigenvalue weighted by Gasteiger charge is 2.45. The van der Waals surface area contributed by atoms with E-state index >= 15 is 0 Å². The van der Waals surface area contributed by atoms with Crippen molar-refractivity contribution in [1.29, 1.82) is 0 Å². The molecule has 2 aliphatic heterocycles. The summed E-state index contributed by atoms with van der Waals surface area (Å²) in [6.45, 7) is 6.11. The van der Waals surface area contributed by atoms with E-state index in [1.807, 2.05) is 31.2 Å². The zero-order valence-electron chi connectivity index (χ0n) is 21.4. The summed E-state index contributed by atoms with van der Waals surface area (Å²) < 4.78 is 31.3. The van der Waals surface area contributed by atoms with Crippen LogP contribution >= 0.6 is 0 Å². The maximum Gasteiger partial charge on any atom is 0.295 e. The molecule has 2 aromatic rings. The van der Waals surface area contributed by atoms with Crippen molar-refractivity contribution in [3.05, 3.63) is 70.8 Å². The molecular weight excluding hydrogens is 494 g/mol. The third-order valence-corrected chi connectivity index (χ3v) is 8.65. The molecule has 2 saturated heterocycles. The summed E-state index contributed by atoms with van der Waals surface area (Å²) in [5, 5.41) is 11.2. The number of benzene rings is 2. The van der Waals surface area contributed by atoms with Crippen LogP contribution in [0.4, 0.5) is 0 Å². The highest BCUT2D eigenvalue weighted by atomic mass is 32.2. The number of likely N-dealkylation sites (tertiary alicyclic amines) is 1. The van der Waals surface area contributed by atoms with E-state index in [-0.39, 0.29) is 21.8 Å². The van der Waals surface area contributed by atoms with Gasteiger partial charge in [0.2, 0.25) is 10.0 Å². The van der Waals surface area contributed by atoms with Crippen LogP contribution in [0.3, 0.4) is 0 Å². The molecule has 1 unspecified atom stereocenters. The van der Waals surface area contributed by atoms with E-state index in [0.29, 0.717) is 26.2 Å². The van der Waals surface area contributed by atoms with Crippen molar-refractivity contribution in [2.45, 2.75) is 24.3 Å². The van der Waals surface area contributed by atoms with Crippen LogP contribution in [-0.2, 0) is 24.3 Å². The summed E-state index contributed by atoms with van der Waals surface area (Å²) >= 11 is 0. The van der Waals surface area contributed by atoms with E-state index < -0.39 is 27.8 Å². The Kier molecular flexibility index (Phi) is 8.13. The summed E-state index contributed by atoms with van der Waals surface area (Å²) in [4.78, 5) is 30.2. The summed E-state index contributed by atoms with van der Waals surface area (Å²) in [5.41, 5.74) is 2.03. The van der Waals surface area contributed by atoms with Gasteiger partial charge in [-0.3, -0.25) is 14.5 Å². The molecule has 10 heteroatoms. The van der Waals surface area contributed by atoms with Crippen molar-refractivity contribution < 1.29 is 27.9 Å². The number of hydrogen-bond acceptors (Lipinski definition) is 7. The fourth-order valence-electron chi connectivity index (χ4n) is 4.65. The zero-order chi connectivity index (χ0) is 26.7. The minimum Gasteiger partial charge on any atom is -0.507 e. The Morgan fingerprint density at radius 3 is 2.22 bits per heavy atom. The van der Waals surface area contributed by atoms with Gasteiger partial charge in [0.25, 0.3) is 11.7 Å². The van der Waals surface area contributed by atoms with Crippen molar-refractivity contribution in [2.24, 2.45) is 0 Å². The number of carbonyl (C=O) groups excluding carboxylic acids is 2. The standard InChI is InChI=1S/C27H33N3O6S/c1-19-5-7-20(8-6-19)24-23(25(31)21-9-11-22(12-10-21)37(34,35)28(2)3)26(32)27(33)30(24)14-4-13-29-15-17-36-18-16-29/h5-12,24,31H,4,13-18H2,1-3H3/b25-23-. The number of aliphatic hydroxyl groups excluding tert-OH is 1. The molecule has 2 aliphatic rings. The van der Waals surface area contributed by atoms with Crippen LogP contribution in [0.2, 0.25) is 0 Å². The normalized spacial score (nSPS) is 20.6. The number of aliphatic hydroxyl groups is 1. The van der Waals surface area contributed by atoms with Gasteiger partial charge < -0.3 is 14.7 Å². The lowest BCUT2D eigenvalue weighted by molar-refractivity contribution is -0.140. The number of Topliss-reactive ketones (excluding diaryl/α,β-unsaturated/α-hetero) is 1. The number of ketones is 1. The van der Waals surface area contributed by atoms with E-state index in [9.17, 15) is 23.1 Å². The first-order valence-corrected chi connectivity index (χ1v) is 13.7. The summed E-state index contributed by atoms with van der Waals surface area (Å²) in [5.74, 6) is -1.73. The van der Waals surface area contributed by atoms with Crippen molar-refractivity contribution in [3.8, 4) is 0 Å². The van der Waals surface area contributed by atoms with Gasteiger partial charge in [-0.2, -0.15) is 0 Å². The molecule has 2 heterocycles. The average Bonchev–Trinajstić information content (AvgIpc) is 3.14. The molecule has 0 bridgehead atoms. The first-order chi connectivity index (χ1) is 17.6. The first-order valence-electron chi connectivity index (χ1n) is 12.3. The second-order valence-corrected chi connectivity index (χ2v) is 11.7. The van der Waals surface area contributed by atoms with E-state index in [1.165, 1.54) is 43.3 Å². The topological polar surface area (TPSA) is 107 Å². The van der Waals surface area contributed by atoms with Crippen LogP contribution in [0.5, 0.6) is 0 Å². The molecule has 0 saturated carbocycles. The maximum absolute atomic E-state index is 13.2. The van der Waals surface area contributed by atoms with E-state index in [4.69, 9.17) is 4.74 Å². The van der Waals surface area contributed by atoms with Gasteiger partial charge in [-0.1, -0.05) is 29.8 Å². The third-order valence-electron chi connectivity index (χ3n) is 6.82. The van der Waals surface area contributed by atoms with E-state index in [2.05, 4.69) is 4.90 Å². The average molecular weight is 528 g/mol. The monoisotopic (exact) mass is 527 g/mol. The number of aryl methyl sites for hydroxylation is 1. The Morgan fingerprint density at radius 2 is 1.62 bits per heavy atom. The first kappa shape index (κ1) is 27.0. The number of hydrogen-bond donors (Lipinski definition) is 1. The number of amides is 1. The molecule has 0 radical (unpaired) electrons. The van der Waals surface area contributed by atoms with Crippen molar-refractivity contribution in [3.63, 3.8) is 0 Å². The van der Waals surface area contributed by atoms with Crippen LogP contribution < -0.4 is 0 Å². The van der Waals surface area contributed by atoms with Crippen molar-refractivity contribution >= 4 is 27.5 Å². The molecule has 198 valence electrons. The van der Waals surface area contributed by atoms with Crippen LogP contribution in [0, 0.1) is 6.92 Å². The van der Waals surface area contributed by atoms with E-state index in [1.54, 1.807) is 0 Å². The Balaban J connectivity index is 1.68. The second kappa shape index (κ2) is 11.1. The molecular formula is C27H33N3O6S. The molecule has 37 heavy (non-hydrogen) atoms. The molecule has 0 aliphatic carbocycles. The maximum atomic E-state index is 13.2. The lowest BCUT2D eigenvalue weighted by Crippen LogP contribution is -2.38. The van der Waals surface area contributed by atoms with Crippen molar-refractivity contribution in [2.75, 3.05) is 53.5 Å². The number of rotatable bonds is 8. The molecule has 4 rings (SSSR count). The number of carbonyl (C=O) groups is 2. The number of nitrogens with zero attached hydrogens (tertiary/aromatic N) is 3. The van der Waals surface area contributed by atoms with Gasteiger partial charge in [0.05, 0.1) is 29.7 Å². The fourth-order valence-corrected chi connectivity index (χ4v) is 5.55. The smallest absolute Gasteiger partial charge is 0.295 e. The summed E-state index contributed by atoms with van der Waals surface area (Å²) in [7, 11) is -0.778. The van der Waals surface area contributed by atoms with Crippen molar-refractivity contribution in [1.82, 2.24) is 14.1 Å². The Labute approximate surface area is 218 Å². The molecule has 2 aromatic carbocycles. The Hall–Kier alpha value is -3.05. The molecule has 2 fully saturated rings. The largest absolute Gasteiger partial charge is 0.507 e. The summed E-state index contributed by atoms with van der Waals surface area (Å²) in [6.07, 6.45) is 0.673. The summed E-state index contributed by atoms with van der Waals surface area (Å²) in [6, 6.07) is 12.5. The second-order valence-electron chi connectivity index (χ2n) is 9.52. The lowest BCUT2D eigenvalue weighted by Gasteiger charge is -2.29. The number of sulfonamides is 1. The highest BCUT2D eigenvalue weighted by molar-refractivity contribution is 7.89.